The highest BCUT2D eigenvalue weighted by atomic mass is 16.2. The lowest BCUT2D eigenvalue weighted by molar-refractivity contribution is 0.0926. The van der Waals surface area contributed by atoms with Crippen molar-refractivity contribution in [2.45, 2.75) is 0 Å². The second kappa shape index (κ2) is 11.6. The molecule has 1 aliphatic heterocycles. The van der Waals surface area contributed by atoms with E-state index in [0.29, 0.717) is 28.2 Å². The van der Waals surface area contributed by atoms with Crippen LogP contribution in [-0.2, 0) is 0 Å². The molecule has 0 fully saturated rings. The fourth-order valence-electron chi connectivity index (χ4n) is 7.28. The van der Waals surface area contributed by atoms with E-state index in [1.165, 1.54) is 4.90 Å². The van der Waals surface area contributed by atoms with Gasteiger partial charge in [-0.15, -0.1) is 0 Å². The summed E-state index contributed by atoms with van der Waals surface area (Å²) >= 11 is 0. The van der Waals surface area contributed by atoms with Crippen molar-refractivity contribution in [1.82, 2.24) is 4.57 Å². The summed E-state index contributed by atoms with van der Waals surface area (Å²) in [5, 5.41) is 2.06. The number of carbonyl (C=O) groups excluding carboxylic acids is 2. The van der Waals surface area contributed by atoms with Crippen molar-refractivity contribution in [2.75, 3.05) is 4.90 Å². The van der Waals surface area contributed by atoms with Gasteiger partial charge in [-0.05, 0) is 52.6 Å². The van der Waals surface area contributed by atoms with Crippen LogP contribution < -0.4 is 4.90 Å². The van der Waals surface area contributed by atoms with Crippen LogP contribution in [0.4, 0.5) is 11.4 Å². The van der Waals surface area contributed by atoms with Crippen LogP contribution in [-0.4, -0.2) is 16.4 Å². The number of fused-ring (bicyclic) bond motifs is 4. The minimum atomic E-state index is -0.358. The van der Waals surface area contributed by atoms with Gasteiger partial charge in [0.15, 0.2) is 5.69 Å². The van der Waals surface area contributed by atoms with Crippen LogP contribution in [0.15, 0.2) is 164 Å². The van der Waals surface area contributed by atoms with Crippen molar-refractivity contribution >= 4 is 45.0 Å². The second-order valence-electron chi connectivity index (χ2n) is 12.3. The van der Waals surface area contributed by atoms with Crippen LogP contribution in [0.5, 0.6) is 0 Å². The fourth-order valence-corrected chi connectivity index (χ4v) is 7.28. The number of anilines is 1. The van der Waals surface area contributed by atoms with E-state index in [-0.39, 0.29) is 11.8 Å². The van der Waals surface area contributed by atoms with E-state index < -0.39 is 0 Å². The fraction of sp³-hybridized carbons (Fsp3) is 0. The summed E-state index contributed by atoms with van der Waals surface area (Å²) in [6, 6.07) is 53.3. The van der Waals surface area contributed by atoms with Crippen molar-refractivity contribution in [3.8, 4) is 39.1 Å². The van der Waals surface area contributed by atoms with Gasteiger partial charge in [-0.3, -0.25) is 9.59 Å². The smallest absolute Gasteiger partial charge is 0.268 e. The maximum atomic E-state index is 14.9. The first-order chi connectivity index (χ1) is 24.6. The number of carbonyl (C=O) groups is 2. The SMILES string of the molecule is [C-]#[N+]c1ccc(-c2ccc3c(c2)c2ccccc2n3-c2cccc3c2C(=O)N(c2c(-c4ccccc4)cccc2-c2ccccc2)C3=O)cc1. The Hall–Kier alpha value is -7.03. The molecule has 1 aliphatic rings. The third kappa shape index (κ3) is 4.47. The first-order valence-corrected chi connectivity index (χ1v) is 16.4. The van der Waals surface area contributed by atoms with E-state index in [4.69, 9.17) is 6.57 Å². The Morgan fingerprint density at radius 1 is 0.460 bits per heavy atom. The molecule has 1 aromatic heterocycles. The summed E-state index contributed by atoms with van der Waals surface area (Å²) in [5.41, 5.74) is 9.90. The zero-order chi connectivity index (χ0) is 33.8. The van der Waals surface area contributed by atoms with Gasteiger partial charge < -0.3 is 4.57 Å². The Labute approximate surface area is 288 Å². The molecule has 0 atom stereocenters. The number of para-hydroxylation sites is 2. The molecule has 5 nitrogen and oxygen atoms in total. The lowest BCUT2D eigenvalue weighted by Crippen LogP contribution is -2.30. The molecule has 0 aliphatic carbocycles. The molecule has 0 N–H and O–H groups in total. The Morgan fingerprint density at radius 3 is 1.72 bits per heavy atom. The minimum Gasteiger partial charge on any atom is -0.308 e. The number of benzene rings is 7. The normalized spacial score (nSPS) is 12.4. The molecule has 7 aromatic carbocycles. The van der Waals surface area contributed by atoms with E-state index in [1.807, 2.05) is 127 Å². The molecule has 0 spiro atoms. The van der Waals surface area contributed by atoms with Gasteiger partial charge in [-0.1, -0.05) is 133 Å². The van der Waals surface area contributed by atoms with E-state index in [0.717, 1.165) is 55.2 Å². The van der Waals surface area contributed by atoms with Crippen LogP contribution in [0.3, 0.4) is 0 Å². The van der Waals surface area contributed by atoms with Crippen molar-refractivity contribution in [3.63, 3.8) is 0 Å². The minimum absolute atomic E-state index is 0.349. The predicted octanol–water partition coefficient (Wildman–Crippen LogP) is 11.1. The molecular weight excluding hydrogens is 615 g/mol. The monoisotopic (exact) mass is 641 g/mol. The average molecular weight is 642 g/mol. The molecule has 5 heteroatoms. The van der Waals surface area contributed by atoms with Crippen molar-refractivity contribution < 1.29 is 9.59 Å². The summed E-state index contributed by atoms with van der Waals surface area (Å²) in [5.74, 6) is -0.707. The largest absolute Gasteiger partial charge is 0.308 e. The lowest BCUT2D eigenvalue weighted by atomic mass is 9.95. The molecule has 0 unspecified atom stereocenters. The van der Waals surface area contributed by atoms with Crippen molar-refractivity contribution in [1.29, 1.82) is 0 Å². The molecule has 9 rings (SSSR count). The molecule has 8 aromatic rings. The van der Waals surface area contributed by atoms with Gasteiger partial charge in [0.2, 0.25) is 0 Å². The average Bonchev–Trinajstić information content (AvgIpc) is 3.65. The van der Waals surface area contributed by atoms with E-state index in [1.54, 1.807) is 6.07 Å². The number of imide groups is 1. The highest BCUT2D eigenvalue weighted by molar-refractivity contribution is 6.37. The number of nitrogens with zero attached hydrogens (tertiary/aromatic N) is 3. The van der Waals surface area contributed by atoms with Crippen LogP contribution >= 0.6 is 0 Å². The number of rotatable bonds is 5. The summed E-state index contributed by atoms with van der Waals surface area (Å²) in [4.78, 5) is 34.4. The molecule has 0 saturated heterocycles. The van der Waals surface area contributed by atoms with Crippen LogP contribution in [0.2, 0.25) is 0 Å². The van der Waals surface area contributed by atoms with Gasteiger partial charge in [0, 0.05) is 21.9 Å². The molecule has 2 heterocycles. The highest BCUT2D eigenvalue weighted by Gasteiger charge is 2.41. The Morgan fingerprint density at radius 2 is 1.04 bits per heavy atom. The van der Waals surface area contributed by atoms with Gasteiger partial charge in [0.1, 0.15) is 0 Å². The molecule has 0 bridgehead atoms. The zero-order valence-corrected chi connectivity index (χ0v) is 26.7. The van der Waals surface area contributed by atoms with Gasteiger partial charge in [-0.25, -0.2) is 9.74 Å². The van der Waals surface area contributed by atoms with Gasteiger partial charge in [0.05, 0.1) is 40.1 Å². The summed E-state index contributed by atoms with van der Waals surface area (Å²) in [6.07, 6.45) is 0. The van der Waals surface area contributed by atoms with Gasteiger partial charge in [-0.2, -0.15) is 0 Å². The van der Waals surface area contributed by atoms with Crippen LogP contribution in [0.1, 0.15) is 20.7 Å². The number of amides is 2. The molecule has 2 amide bonds. The van der Waals surface area contributed by atoms with E-state index >= 15 is 0 Å². The number of hydrogen-bond acceptors (Lipinski definition) is 2. The molecule has 0 saturated carbocycles. The Balaban J connectivity index is 1.25. The van der Waals surface area contributed by atoms with Crippen molar-refractivity contribution in [3.05, 3.63) is 186 Å². The number of hydrogen-bond donors (Lipinski definition) is 0. The standard InChI is InChI=1S/C45H27N3O2/c1-46-33-25-22-29(23-26-33)32-24-27-40-38(28-32)36-16-8-9-20-39(36)47(40)41-21-11-19-37-42(41)45(50)48(44(37)49)43-34(30-12-4-2-5-13-30)17-10-18-35(43)31-14-6-3-7-15-31/h2-28H. The van der Waals surface area contributed by atoms with Gasteiger partial charge in [0.25, 0.3) is 11.8 Å². The van der Waals surface area contributed by atoms with E-state index in [2.05, 4.69) is 39.7 Å². The third-order valence-electron chi connectivity index (χ3n) is 9.57. The first-order valence-electron chi connectivity index (χ1n) is 16.4. The maximum Gasteiger partial charge on any atom is 0.268 e. The predicted molar refractivity (Wildman–Crippen MR) is 201 cm³/mol. The lowest BCUT2D eigenvalue weighted by Gasteiger charge is -2.23. The molecular formula is C45H27N3O2. The van der Waals surface area contributed by atoms with Crippen LogP contribution in [0, 0.1) is 6.57 Å². The number of aromatic nitrogens is 1. The zero-order valence-electron chi connectivity index (χ0n) is 26.7. The van der Waals surface area contributed by atoms with Crippen LogP contribution in [0.25, 0.3) is 65.7 Å². The topological polar surface area (TPSA) is 46.7 Å². The third-order valence-corrected chi connectivity index (χ3v) is 9.57. The summed E-state index contributed by atoms with van der Waals surface area (Å²) < 4.78 is 2.10. The highest BCUT2D eigenvalue weighted by Crippen LogP contribution is 2.45. The Bertz CT molecular complexity index is 2630. The maximum absolute atomic E-state index is 14.9. The summed E-state index contributed by atoms with van der Waals surface area (Å²) in [6.45, 7) is 7.32. The molecule has 0 radical (unpaired) electrons. The molecule has 234 valence electrons. The summed E-state index contributed by atoms with van der Waals surface area (Å²) in [7, 11) is 0. The van der Waals surface area contributed by atoms with Crippen molar-refractivity contribution in [2.24, 2.45) is 0 Å². The second-order valence-corrected chi connectivity index (χ2v) is 12.3. The Kier molecular flexibility index (Phi) is 6.75. The van der Waals surface area contributed by atoms with E-state index in [9.17, 15) is 9.59 Å². The molecule has 50 heavy (non-hydrogen) atoms. The quantitative estimate of drug-likeness (QED) is 0.139. The first kappa shape index (κ1) is 29.1. The van der Waals surface area contributed by atoms with Gasteiger partial charge >= 0.3 is 0 Å².